The minimum absolute atomic E-state index is 0.490. The van der Waals surface area contributed by atoms with Crippen LogP contribution in [0.1, 0.15) is 22.3 Å². The Balaban J connectivity index is 1.29. The zero-order valence-electron chi connectivity index (χ0n) is 26.9. The molecule has 0 radical (unpaired) electrons. The predicted molar refractivity (Wildman–Crippen MR) is 204 cm³/mol. The number of fused-ring (bicyclic) bond motifs is 1. The molecular formula is C45H32N4. The Hall–Kier alpha value is -6.70. The molecule has 0 aliphatic heterocycles. The van der Waals surface area contributed by atoms with E-state index in [1.54, 1.807) is 0 Å². The van der Waals surface area contributed by atoms with E-state index in [9.17, 15) is 5.26 Å². The first-order chi connectivity index (χ1) is 24.2. The van der Waals surface area contributed by atoms with E-state index in [0.29, 0.717) is 23.8 Å². The summed E-state index contributed by atoms with van der Waals surface area (Å²) in [4.78, 5) is 14.1. The molecule has 0 heterocycles. The van der Waals surface area contributed by atoms with Crippen molar-refractivity contribution >= 4 is 29.2 Å². The van der Waals surface area contributed by atoms with E-state index in [4.69, 9.17) is 9.98 Å². The van der Waals surface area contributed by atoms with Crippen LogP contribution in [-0.2, 0) is 6.54 Å². The van der Waals surface area contributed by atoms with Crippen LogP contribution < -0.4 is 0 Å². The van der Waals surface area contributed by atoms with Crippen molar-refractivity contribution in [2.45, 2.75) is 6.54 Å². The molecule has 0 N–H and O–H groups in total. The maximum Gasteiger partial charge on any atom is 0.161 e. The molecule has 0 saturated carbocycles. The smallest absolute Gasteiger partial charge is 0.161 e. The Labute approximate surface area is 286 Å². The van der Waals surface area contributed by atoms with Gasteiger partial charge in [0.25, 0.3) is 0 Å². The van der Waals surface area contributed by atoms with Gasteiger partial charge in [-0.2, -0.15) is 5.26 Å². The van der Waals surface area contributed by atoms with E-state index in [1.807, 2.05) is 72.8 Å². The predicted octanol–water partition coefficient (Wildman–Crippen LogP) is 10.8. The summed E-state index contributed by atoms with van der Waals surface area (Å²) in [5, 5.41) is 12.0. The summed E-state index contributed by atoms with van der Waals surface area (Å²) in [5.74, 6) is 1.11. The first-order valence-electron chi connectivity index (χ1n) is 16.1. The molecular weight excluding hydrogens is 597 g/mol. The number of nitrogens with zero attached hydrogens (tertiary/aromatic N) is 4. The zero-order chi connectivity index (χ0) is 33.4. The molecule has 232 valence electrons. The van der Waals surface area contributed by atoms with E-state index < -0.39 is 0 Å². The summed E-state index contributed by atoms with van der Waals surface area (Å²) >= 11 is 0. The van der Waals surface area contributed by atoms with Crippen LogP contribution in [0, 0.1) is 11.3 Å². The van der Waals surface area contributed by atoms with Crippen LogP contribution in [0.5, 0.6) is 0 Å². The molecule has 0 spiro atoms. The van der Waals surface area contributed by atoms with Crippen molar-refractivity contribution in [3.63, 3.8) is 0 Å². The SMILES string of the molecule is C=NC(=NC(=NCc1ccccc1)c1ccc(-c2cc3ccccc3cc2-c2ccc(-c3ccccc3C#N)cc2)cc1)c1ccccc1. The molecule has 0 bridgehead atoms. The standard InChI is InChI=1S/C45H32N4/c1-47-44(36-14-6-3-7-15-36)49-45(48-31-32-12-4-2-5-13-32)37-26-24-35(25-27-37)43-29-39-17-9-8-16-38(39)28-42(43)34-22-20-33(21-23-34)41-19-11-10-18-40(41)30-46/h2-29H,1,31H2. The number of aliphatic imine (C=N–C) groups is 3. The highest BCUT2D eigenvalue weighted by Gasteiger charge is 2.13. The molecule has 0 aliphatic rings. The third-order valence-corrected chi connectivity index (χ3v) is 8.54. The molecule has 0 atom stereocenters. The number of benzene rings is 7. The molecule has 4 nitrogen and oxygen atoms in total. The normalized spacial score (nSPS) is 11.7. The number of hydrogen-bond acceptors (Lipinski definition) is 2. The van der Waals surface area contributed by atoms with Crippen LogP contribution >= 0.6 is 0 Å². The summed E-state index contributed by atoms with van der Waals surface area (Å²) in [6.45, 7) is 4.29. The molecule has 7 rings (SSSR count). The van der Waals surface area contributed by atoms with Gasteiger partial charge in [-0.1, -0.05) is 152 Å². The zero-order valence-corrected chi connectivity index (χ0v) is 26.9. The van der Waals surface area contributed by atoms with Crippen LogP contribution in [0.3, 0.4) is 0 Å². The van der Waals surface area contributed by atoms with Gasteiger partial charge in [0, 0.05) is 11.1 Å². The highest BCUT2D eigenvalue weighted by Crippen LogP contribution is 2.37. The van der Waals surface area contributed by atoms with Gasteiger partial charge in [-0.25, -0.2) is 9.98 Å². The molecule has 0 fully saturated rings. The van der Waals surface area contributed by atoms with Crippen LogP contribution in [0.15, 0.2) is 185 Å². The molecule has 0 saturated heterocycles. The van der Waals surface area contributed by atoms with E-state index in [0.717, 1.165) is 50.1 Å². The van der Waals surface area contributed by atoms with E-state index in [2.05, 4.69) is 115 Å². The molecule has 7 aromatic rings. The summed E-state index contributed by atoms with van der Waals surface area (Å²) in [7, 11) is 0. The number of nitriles is 1. The van der Waals surface area contributed by atoms with E-state index in [-0.39, 0.29) is 0 Å². The minimum atomic E-state index is 0.490. The van der Waals surface area contributed by atoms with Crippen molar-refractivity contribution < 1.29 is 0 Å². The van der Waals surface area contributed by atoms with E-state index in [1.165, 1.54) is 10.8 Å². The fraction of sp³-hybridized carbons (Fsp3) is 0.0222. The maximum atomic E-state index is 9.65. The van der Waals surface area contributed by atoms with Crippen molar-refractivity contribution in [2.24, 2.45) is 15.0 Å². The van der Waals surface area contributed by atoms with Crippen LogP contribution in [-0.4, -0.2) is 18.4 Å². The highest BCUT2D eigenvalue weighted by atomic mass is 15.0. The first-order valence-corrected chi connectivity index (χ1v) is 16.1. The third-order valence-electron chi connectivity index (χ3n) is 8.54. The average molecular weight is 629 g/mol. The highest BCUT2D eigenvalue weighted by molar-refractivity contribution is 6.12. The summed E-state index contributed by atoms with van der Waals surface area (Å²) in [6, 6.07) is 59.9. The molecule has 0 aromatic heterocycles. The summed E-state index contributed by atoms with van der Waals surface area (Å²) in [6.07, 6.45) is 0. The van der Waals surface area contributed by atoms with Crippen LogP contribution in [0.25, 0.3) is 44.2 Å². The second kappa shape index (κ2) is 14.4. The van der Waals surface area contributed by atoms with Gasteiger partial charge in [0.05, 0.1) is 18.2 Å². The van der Waals surface area contributed by atoms with Gasteiger partial charge >= 0.3 is 0 Å². The van der Waals surface area contributed by atoms with Crippen molar-refractivity contribution in [2.75, 3.05) is 0 Å². The second-order valence-electron chi connectivity index (χ2n) is 11.6. The van der Waals surface area contributed by atoms with Gasteiger partial charge in [-0.15, -0.1) is 0 Å². The van der Waals surface area contributed by atoms with Crippen LogP contribution in [0.4, 0.5) is 0 Å². The van der Waals surface area contributed by atoms with Crippen molar-refractivity contribution in [1.82, 2.24) is 0 Å². The van der Waals surface area contributed by atoms with Gasteiger partial charge in [0.2, 0.25) is 0 Å². The fourth-order valence-corrected chi connectivity index (χ4v) is 6.00. The average Bonchev–Trinajstić information content (AvgIpc) is 3.18. The van der Waals surface area contributed by atoms with E-state index >= 15 is 0 Å². The number of rotatable bonds is 7. The van der Waals surface area contributed by atoms with Gasteiger partial charge in [0.1, 0.15) is 0 Å². The quantitative estimate of drug-likeness (QED) is 0.128. The summed E-state index contributed by atoms with van der Waals surface area (Å²) < 4.78 is 0. The Morgan fingerprint density at radius 1 is 0.510 bits per heavy atom. The minimum Gasteiger partial charge on any atom is -0.261 e. The first kappa shape index (κ1) is 30.9. The van der Waals surface area contributed by atoms with Gasteiger partial charge < -0.3 is 0 Å². The van der Waals surface area contributed by atoms with Crippen molar-refractivity contribution in [3.8, 4) is 39.4 Å². The molecule has 0 amide bonds. The largest absolute Gasteiger partial charge is 0.261 e. The Bertz CT molecular complexity index is 2350. The molecule has 0 unspecified atom stereocenters. The lowest BCUT2D eigenvalue weighted by atomic mass is 9.90. The van der Waals surface area contributed by atoms with Crippen molar-refractivity contribution in [1.29, 1.82) is 5.26 Å². The Morgan fingerprint density at radius 2 is 1.00 bits per heavy atom. The Morgan fingerprint density at radius 3 is 1.59 bits per heavy atom. The van der Waals surface area contributed by atoms with Gasteiger partial charge in [-0.3, -0.25) is 4.99 Å². The lowest BCUT2D eigenvalue weighted by Gasteiger charge is -2.14. The molecule has 7 aromatic carbocycles. The number of hydrogen-bond donors (Lipinski definition) is 0. The lowest BCUT2D eigenvalue weighted by Crippen LogP contribution is -2.05. The third kappa shape index (κ3) is 6.88. The maximum absolute atomic E-state index is 9.65. The Kier molecular flexibility index (Phi) is 9.08. The van der Waals surface area contributed by atoms with Crippen LogP contribution in [0.2, 0.25) is 0 Å². The second-order valence-corrected chi connectivity index (χ2v) is 11.6. The summed E-state index contributed by atoms with van der Waals surface area (Å²) in [5.41, 5.74) is 9.91. The molecule has 4 heteroatoms. The molecule has 0 aliphatic carbocycles. The monoisotopic (exact) mass is 628 g/mol. The fourth-order valence-electron chi connectivity index (χ4n) is 6.00. The lowest BCUT2D eigenvalue weighted by molar-refractivity contribution is 1.06. The van der Waals surface area contributed by atoms with Crippen molar-refractivity contribution in [3.05, 3.63) is 192 Å². The number of amidine groups is 2. The molecule has 49 heavy (non-hydrogen) atoms. The topological polar surface area (TPSA) is 60.9 Å². The van der Waals surface area contributed by atoms with Gasteiger partial charge in [-0.05, 0) is 74.6 Å². The van der Waals surface area contributed by atoms with Gasteiger partial charge in [0.15, 0.2) is 11.7 Å².